The van der Waals surface area contributed by atoms with Gasteiger partial charge in [-0.3, -0.25) is 19.2 Å². The Morgan fingerprint density at radius 2 is 1.05 bits per heavy atom. The van der Waals surface area contributed by atoms with Crippen molar-refractivity contribution in [1.29, 1.82) is 0 Å². The van der Waals surface area contributed by atoms with E-state index in [0.29, 0.717) is 64.2 Å². The summed E-state index contributed by atoms with van der Waals surface area (Å²) in [5, 5.41) is 43.3. The van der Waals surface area contributed by atoms with Crippen LogP contribution in [0.3, 0.4) is 0 Å². The molecule has 220 valence electrons. The first-order valence-electron chi connectivity index (χ1n) is 14.8. The number of hydrogen-bond acceptors (Lipinski definition) is 4. The fraction of sp³-hybridized carbons (Fsp3) is 0.867. The number of rotatable bonds is 18. The minimum atomic E-state index is -2.28. The van der Waals surface area contributed by atoms with Crippen LogP contribution in [0.5, 0.6) is 0 Å². The first-order valence-corrected chi connectivity index (χ1v) is 14.8. The lowest BCUT2D eigenvalue weighted by Gasteiger charge is -2.56. The van der Waals surface area contributed by atoms with Gasteiger partial charge in [0.1, 0.15) is 0 Å². The second kappa shape index (κ2) is 14.9. The Kier molecular flexibility index (Phi) is 13.3. The molecule has 6 unspecified atom stereocenters. The second-order valence-electron chi connectivity index (χ2n) is 11.6. The number of carbonyl (C=O) groups is 4. The van der Waals surface area contributed by atoms with Gasteiger partial charge in [0.15, 0.2) is 10.8 Å². The van der Waals surface area contributed by atoms with Crippen LogP contribution in [-0.2, 0) is 19.2 Å². The van der Waals surface area contributed by atoms with Crippen molar-refractivity contribution in [1.82, 2.24) is 0 Å². The number of carboxylic acids is 4. The molecule has 0 amide bonds. The molecule has 38 heavy (non-hydrogen) atoms. The number of aliphatic carboxylic acids is 4. The van der Waals surface area contributed by atoms with E-state index in [-0.39, 0.29) is 0 Å². The highest BCUT2D eigenvalue weighted by Gasteiger charge is 2.70. The van der Waals surface area contributed by atoms with E-state index < -0.39 is 70.2 Å². The fourth-order valence-corrected chi connectivity index (χ4v) is 7.97. The molecule has 1 fully saturated rings. The topological polar surface area (TPSA) is 149 Å². The molecule has 0 aromatic carbocycles. The second-order valence-corrected chi connectivity index (χ2v) is 11.6. The van der Waals surface area contributed by atoms with Gasteiger partial charge >= 0.3 is 23.9 Å². The highest BCUT2D eigenvalue weighted by molar-refractivity contribution is 6.01. The van der Waals surface area contributed by atoms with E-state index in [1.165, 1.54) is 0 Å². The predicted molar refractivity (Wildman–Crippen MR) is 146 cm³/mol. The number of carboxylic acid groups (broad SMARTS) is 4. The van der Waals surface area contributed by atoms with Crippen molar-refractivity contribution in [3.8, 4) is 0 Å². The van der Waals surface area contributed by atoms with Gasteiger partial charge in [0.05, 0.1) is 0 Å². The van der Waals surface area contributed by atoms with Crippen molar-refractivity contribution in [2.75, 3.05) is 0 Å². The van der Waals surface area contributed by atoms with Crippen LogP contribution < -0.4 is 0 Å². The van der Waals surface area contributed by atoms with E-state index in [0.717, 1.165) is 12.8 Å². The van der Waals surface area contributed by atoms with Crippen molar-refractivity contribution in [2.24, 2.45) is 46.3 Å². The monoisotopic (exact) mass is 540 g/mol. The van der Waals surface area contributed by atoms with E-state index in [9.17, 15) is 39.6 Å². The summed E-state index contributed by atoms with van der Waals surface area (Å²) in [7, 11) is 0. The molecule has 1 saturated carbocycles. The lowest BCUT2D eigenvalue weighted by atomic mass is 9.44. The van der Waals surface area contributed by atoms with Gasteiger partial charge in [-0.05, 0) is 54.8 Å². The molecule has 8 heteroatoms. The third-order valence-electron chi connectivity index (χ3n) is 9.71. The smallest absolute Gasteiger partial charge is 0.321 e. The summed E-state index contributed by atoms with van der Waals surface area (Å²) in [4.78, 5) is 53.2. The summed E-state index contributed by atoms with van der Waals surface area (Å²) >= 11 is 0. The molecule has 4 N–H and O–H groups in total. The highest BCUT2D eigenvalue weighted by Crippen LogP contribution is 2.61. The average Bonchev–Trinajstić information content (AvgIpc) is 2.85. The Bertz CT molecular complexity index is 778. The molecule has 1 rings (SSSR count). The van der Waals surface area contributed by atoms with Gasteiger partial charge in [-0.25, -0.2) is 0 Å². The Balaban J connectivity index is 4.24. The summed E-state index contributed by atoms with van der Waals surface area (Å²) in [5.41, 5.74) is -4.55. The summed E-state index contributed by atoms with van der Waals surface area (Å²) in [6.45, 7) is 11.2. The van der Waals surface area contributed by atoms with E-state index in [1.54, 1.807) is 20.8 Å². The van der Waals surface area contributed by atoms with E-state index in [2.05, 4.69) is 0 Å². The van der Waals surface area contributed by atoms with Gasteiger partial charge in [-0.15, -0.1) is 0 Å². The van der Waals surface area contributed by atoms with Gasteiger partial charge in [0, 0.05) is 0 Å². The van der Waals surface area contributed by atoms with Gasteiger partial charge < -0.3 is 20.4 Å². The highest BCUT2D eigenvalue weighted by atomic mass is 16.4. The van der Waals surface area contributed by atoms with Crippen molar-refractivity contribution in [3.63, 3.8) is 0 Å². The Morgan fingerprint density at radius 3 is 1.37 bits per heavy atom. The maximum absolute atomic E-state index is 13.3. The van der Waals surface area contributed by atoms with Gasteiger partial charge in [0.25, 0.3) is 0 Å². The molecule has 1 aliphatic carbocycles. The largest absolute Gasteiger partial charge is 0.480 e. The zero-order valence-corrected chi connectivity index (χ0v) is 24.4. The van der Waals surface area contributed by atoms with Gasteiger partial charge in [-0.2, -0.15) is 0 Å². The Hall–Kier alpha value is -2.12. The number of unbranched alkanes of at least 4 members (excludes halogenated alkanes) is 2. The first kappa shape index (κ1) is 33.9. The standard InChI is InChI=1S/C30H52O8/c1-7-12-15-21(10-4)29(25(31)32,26(33)34)23-19(6)17-18-20(14-9-3)24(23)30(27(35)36,28(37)38)22(11-5)16-13-8-2/h19-24H,7-18H2,1-6H3,(H,31,32)(H,33,34)(H,35,36)(H,37,38). The minimum Gasteiger partial charge on any atom is -0.480 e. The summed E-state index contributed by atoms with van der Waals surface area (Å²) in [5.74, 6) is -10.5. The molecule has 0 bridgehead atoms. The van der Waals surface area contributed by atoms with Crippen LogP contribution in [0, 0.1) is 46.3 Å². The van der Waals surface area contributed by atoms with E-state index >= 15 is 0 Å². The molecule has 1 aliphatic rings. The maximum atomic E-state index is 13.3. The van der Waals surface area contributed by atoms with Crippen molar-refractivity contribution >= 4 is 23.9 Å². The van der Waals surface area contributed by atoms with Crippen LogP contribution >= 0.6 is 0 Å². The molecular weight excluding hydrogens is 488 g/mol. The van der Waals surface area contributed by atoms with Crippen LogP contribution in [0.15, 0.2) is 0 Å². The normalized spacial score (nSPS) is 23.9. The van der Waals surface area contributed by atoms with E-state index in [4.69, 9.17) is 0 Å². The zero-order chi connectivity index (χ0) is 29.3. The van der Waals surface area contributed by atoms with Crippen LogP contribution in [0.1, 0.15) is 119 Å². The van der Waals surface area contributed by atoms with E-state index in [1.807, 2.05) is 20.8 Å². The molecule has 0 aromatic rings. The van der Waals surface area contributed by atoms with Crippen LogP contribution in [-0.4, -0.2) is 44.3 Å². The molecule has 0 aliphatic heterocycles. The molecule has 0 saturated heterocycles. The number of hydrogen-bond donors (Lipinski definition) is 4. The molecule has 6 atom stereocenters. The fourth-order valence-electron chi connectivity index (χ4n) is 7.97. The lowest BCUT2D eigenvalue weighted by molar-refractivity contribution is -0.205. The van der Waals surface area contributed by atoms with Gasteiger partial charge in [0.2, 0.25) is 0 Å². The average molecular weight is 541 g/mol. The summed E-state index contributed by atoms with van der Waals surface area (Å²) in [6, 6.07) is 0. The maximum Gasteiger partial charge on any atom is 0.321 e. The van der Waals surface area contributed by atoms with Crippen molar-refractivity contribution < 1.29 is 39.6 Å². The molecule has 0 spiro atoms. The minimum absolute atomic E-state index is 0.299. The molecule has 0 aromatic heterocycles. The van der Waals surface area contributed by atoms with Crippen molar-refractivity contribution in [3.05, 3.63) is 0 Å². The quantitative estimate of drug-likeness (QED) is 0.138. The lowest BCUT2D eigenvalue weighted by Crippen LogP contribution is -2.64. The summed E-state index contributed by atoms with van der Waals surface area (Å²) < 4.78 is 0. The zero-order valence-electron chi connectivity index (χ0n) is 24.4. The molecule has 8 nitrogen and oxygen atoms in total. The van der Waals surface area contributed by atoms with Crippen LogP contribution in [0.2, 0.25) is 0 Å². The predicted octanol–water partition coefficient (Wildman–Crippen LogP) is 6.81. The van der Waals surface area contributed by atoms with Crippen LogP contribution in [0.4, 0.5) is 0 Å². The SMILES string of the molecule is CCCCC(CC)C(C(=O)O)(C(=O)O)C1C(C)CCC(CCC)C1C(C(=O)O)(C(=O)O)C(CC)CCCC. The third kappa shape index (κ3) is 6.04. The molecule has 0 radical (unpaired) electrons. The Morgan fingerprint density at radius 1 is 0.658 bits per heavy atom. The molecular formula is C30H52O8. The van der Waals surface area contributed by atoms with Gasteiger partial charge in [-0.1, -0.05) is 99.3 Å². The first-order chi connectivity index (χ1) is 17.9. The Labute approximate surface area is 228 Å². The summed E-state index contributed by atoms with van der Waals surface area (Å²) in [6.07, 6.45) is 6.46. The van der Waals surface area contributed by atoms with Crippen molar-refractivity contribution in [2.45, 2.75) is 119 Å². The molecule has 0 heterocycles. The van der Waals surface area contributed by atoms with Crippen LogP contribution in [0.25, 0.3) is 0 Å². The third-order valence-corrected chi connectivity index (χ3v) is 9.71.